The first kappa shape index (κ1) is 11.9. The van der Waals surface area contributed by atoms with E-state index >= 15 is 0 Å². The molecule has 1 atom stereocenters. The molecule has 0 bridgehead atoms. The van der Waals surface area contributed by atoms with Crippen molar-refractivity contribution in [3.8, 4) is 0 Å². The quantitative estimate of drug-likeness (QED) is 0.728. The summed E-state index contributed by atoms with van der Waals surface area (Å²) >= 11 is 7.69. The Hall–Kier alpha value is -0.150. The van der Waals surface area contributed by atoms with Crippen LogP contribution >= 0.6 is 23.1 Å². The third kappa shape index (κ3) is 3.93. The first-order valence-corrected chi connectivity index (χ1v) is 6.28. The van der Waals surface area contributed by atoms with Gasteiger partial charge >= 0.3 is 0 Å². The van der Waals surface area contributed by atoms with E-state index in [0.717, 1.165) is 30.1 Å². The van der Waals surface area contributed by atoms with Crippen LogP contribution in [0.2, 0.25) is 0 Å². The molecule has 1 aromatic rings. The summed E-state index contributed by atoms with van der Waals surface area (Å²) in [6.07, 6.45) is 2.81. The maximum absolute atomic E-state index is 6.20. The molecule has 1 aromatic heterocycles. The number of hydrogen-bond acceptors (Lipinski definition) is 3. The van der Waals surface area contributed by atoms with Gasteiger partial charge in [-0.1, -0.05) is 20.8 Å². The normalized spacial score (nSPS) is 13.5. The molecular weight excluding hydrogens is 216 g/mol. The monoisotopic (exact) mass is 232 g/mol. The lowest BCUT2D eigenvalue weighted by molar-refractivity contribution is 0.561. The molecule has 0 aliphatic heterocycles. The van der Waals surface area contributed by atoms with Crippen LogP contribution in [-0.4, -0.2) is 14.7 Å². The van der Waals surface area contributed by atoms with Gasteiger partial charge in [-0.25, -0.2) is 4.98 Å². The van der Waals surface area contributed by atoms with E-state index in [1.807, 2.05) is 0 Å². The lowest BCUT2D eigenvalue weighted by Crippen LogP contribution is -2.06. The Morgan fingerprint density at radius 3 is 2.64 bits per heavy atom. The zero-order valence-corrected chi connectivity index (χ0v) is 10.5. The molecule has 0 aliphatic carbocycles. The lowest BCUT2D eigenvalue weighted by atomic mass is 10.1. The predicted molar refractivity (Wildman–Crippen MR) is 62.1 cm³/mol. The smallest absolute Gasteiger partial charge is 0.142 e. The van der Waals surface area contributed by atoms with Crippen LogP contribution in [0.15, 0.2) is 0 Å². The fraction of sp³-hybridized carbons (Fsp3) is 0.800. The molecule has 0 saturated carbocycles. The second-order valence-corrected chi connectivity index (χ2v) is 5.34. The van der Waals surface area contributed by atoms with E-state index in [-0.39, 0.29) is 5.38 Å². The molecule has 4 heteroatoms. The molecule has 1 unspecified atom stereocenters. The third-order valence-corrected chi connectivity index (χ3v) is 3.05. The molecule has 0 aliphatic rings. The highest BCUT2D eigenvalue weighted by molar-refractivity contribution is 7.05. The first-order chi connectivity index (χ1) is 6.61. The fourth-order valence-electron chi connectivity index (χ4n) is 1.30. The number of rotatable bonds is 5. The van der Waals surface area contributed by atoms with Crippen LogP contribution in [-0.2, 0) is 12.8 Å². The van der Waals surface area contributed by atoms with Gasteiger partial charge in [-0.3, -0.25) is 0 Å². The molecule has 14 heavy (non-hydrogen) atoms. The summed E-state index contributed by atoms with van der Waals surface area (Å²) in [5, 5.41) is 1.27. The van der Waals surface area contributed by atoms with E-state index in [1.165, 1.54) is 11.5 Å². The van der Waals surface area contributed by atoms with Crippen molar-refractivity contribution in [1.82, 2.24) is 9.36 Å². The molecule has 2 nitrogen and oxygen atoms in total. The number of nitrogens with zero attached hydrogens (tertiary/aromatic N) is 2. The summed E-state index contributed by atoms with van der Waals surface area (Å²) in [7, 11) is 0. The van der Waals surface area contributed by atoms with Gasteiger partial charge in [-0.15, -0.1) is 11.6 Å². The fourth-order valence-corrected chi connectivity index (χ4v) is 2.70. The van der Waals surface area contributed by atoms with Crippen LogP contribution in [0.1, 0.15) is 38.0 Å². The van der Waals surface area contributed by atoms with Crippen LogP contribution in [0.25, 0.3) is 0 Å². The van der Waals surface area contributed by atoms with Crippen molar-refractivity contribution in [3.05, 3.63) is 10.8 Å². The van der Waals surface area contributed by atoms with Gasteiger partial charge in [0.15, 0.2) is 0 Å². The van der Waals surface area contributed by atoms with Crippen molar-refractivity contribution in [3.63, 3.8) is 0 Å². The first-order valence-electron chi connectivity index (χ1n) is 5.07. The van der Waals surface area contributed by atoms with Crippen molar-refractivity contribution < 1.29 is 0 Å². The standard InChI is InChI=1S/C10H17ClN2S/c1-4-9-12-10(14-13-9)6-8(11)5-7(2)3/h7-8H,4-6H2,1-3H3. The molecule has 0 N–H and O–H groups in total. The summed E-state index contributed by atoms with van der Waals surface area (Å²) in [6.45, 7) is 6.44. The topological polar surface area (TPSA) is 25.8 Å². The number of aryl methyl sites for hydroxylation is 1. The van der Waals surface area contributed by atoms with Crippen LogP contribution in [0.5, 0.6) is 0 Å². The summed E-state index contributed by atoms with van der Waals surface area (Å²) in [6, 6.07) is 0. The summed E-state index contributed by atoms with van der Waals surface area (Å²) < 4.78 is 4.24. The van der Waals surface area contributed by atoms with Crippen molar-refractivity contribution in [2.75, 3.05) is 0 Å². The van der Waals surface area contributed by atoms with Gasteiger partial charge in [0, 0.05) is 18.2 Å². The molecule has 0 amide bonds. The molecule has 80 valence electrons. The SMILES string of the molecule is CCc1nsc(CC(Cl)CC(C)C)n1. The summed E-state index contributed by atoms with van der Waals surface area (Å²) in [5.41, 5.74) is 0. The van der Waals surface area contributed by atoms with Crippen molar-refractivity contribution in [2.24, 2.45) is 5.92 Å². The largest absolute Gasteiger partial charge is 0.225 e. The van der Waals surface area contributed by atoms with Crippen LogP contribution in [0.4, 0.5) is 0 Å². The predicted octanol–water partition coefficient (Wildman–Crippen LogP) is 3.30. The second-order valence-electron chi connectivity index (χ2n) is 3.89. The van der Waals surface area contributed by atoms with Crippen LogP contribution in [0, 0.1) is 5.92 Å². The maximum Gasteiger partial charge on any atom is 0.142 e. The Labute approximate surface area is 94.9 Å². The summed E-state index contributed by atoms with van der Waals surface area (Å²) in [5.74, 6) is 1.59. The molecule has 0 radical (unpaired) electrons. The molecule has 1 rings (SSSR count). The van der Waals surface area contributed by atoms with E-state index in [9.17, 15) is 0 Å². The number of aromatic nitrogens is 2. The maximum atomic E-state index is 6.20. The van der Waals surface area contributed by atoms with Gasteiger partial charge in [-0.05, 0) is 23.9 Å². The number of alkyl halides is 1. The third-order valence-electron chi connectivity index (χ3n) is 1.95. The highest BCUT2D eigenvalue weighted by Crippen LogP contribution is 2.17. The average molecular weight is 233 g/mol. The molecule has 0 aromatic carbocycles. The van der Waals surface area contributed by atoms with E-state index in [4.69, 9.17) is 11.6 Å². The Balaban J connectivity index is 2.43. The highest BCUT2D eigenvalue weighted by Gasteiger charge is 2.11. The average Bonchev–Trinajstić information content (AvgIpc) is 2.50. The molecule has 0 saturated heterocycles. The van der Waals surface area contributed by atoms with Gasteiger partial charge < -0.3 is 0 Å². The van der Waals surface area contributed by atoms with Crippen molar-refractivity contribution >= 4 is 23.1 Å². The Morgan fingerprint density at radius 1 is 1.43 bits per heavy atom. The molecule has 0 fully saturated rings. The Morgan fingerprint density at radius 2 is 2.14 bits per heavy atom. The second kappa shape index (κ2) is 5.66. The van der Waals surface area contributed by atoms with Crippen molar-refractivity contribution in [2.45, 2.75) is 45.4 Å². The van der Waals surface area contributed by atoms with E-state index < -0.39 is 0 Å². The van der Waals surface area contributed by atoms with Gasteiger partial charge in [-0.2, -0.15) is 4.37 Å². The summed E-state index contributed by atoms with van der Waals surface area (Å²) in [4.78, 5) is 4.40. The van der Waals surface area contributed by atoms with E-state index in [1.54, 1.807) is 0 Å². The lowest BCUT2D eigenvalue weighted by Gasteiger charge is -2.09. The van der Waals surface area contributed by atoms with Crippen LogP contribution in [0.3, 0.4) is 0 Å². The Kier molecular flexibility index (Phi) is 4.82. The van der Waals surface area contributed by atoms with E-state index in [0.29, 0.717) is 5.92 Å². The molecular formula is C10H17ClN2S. The Bertz CT molecular complexity index is 273. The van der Waals surface area contributed by atoms with E-state index in [2.05, 4.69) is 30.1 Å². The molecule has 0 spiro atoms. The number of hydrogen-bond donors (Lipinski definition) is 0. The van der Waals surface area contributed by atoms with Crippen LogP contribution < -0.4 is 0 Å². The number of halogens is 1. The zero-order valence-electron chi connectivity index (χ0n) is 8.96. The minimum atomic E-state index is 0.202. The minimum absolute atomic E-state index is 0.202. The van der Waals surface area contributed by atoms with Gasteiger partial charge in [0.05, 0.1) is 0 Å². The van der Waals surface area contributed by atoms with Gasteiger partial charge in [0.2, 0.25) is 0 Å². The van der Waals surface area contributed by atoms with Gasteiger partial charge in [0.25, 0.3) is 0 Å². The molecule has 1 heterocycles. The zero-order chi connectivity index (χ0) is 10.6. The van der Waals surface area contributed by atoms with Crippen molar-refractivity contribution in [1.29, 1.82) is 0 Å². The highest BCUT2D eigenvalue weighted by atomic mass is 35.5. The minimum Gasteiger partial charge on any atom is -0.225 e. The van der Waals surface area contributed by atoms with Gasteiger partial charge in [0.1, 0.15) is 10.8 Å².